The number of fused-ring (bicyclic) bond motifs is 5. The van der Waals surface area contributed by atoms with Gasteiger partial charge in [0, 0.05) is 18.3 Å². The molecule has 9 atom stereocenters. The van der Waals surface area contributed by atoms with Crippen LogP contribution in [-0.2, 0) is 4.79 Å². The molecule has 0 aromatic carbocycles. The third-order valence-electron chi connectivity index (χ3n) is 10.1. The number of nitrogens with zero attached hydrogens (tertiary/aromatic N) is 2. The molecule has 5 rings (SSSR count). The second-order valence-corrected chi connectivity index (χ2v) is 11.2. The number of alkyl halides is 3. The Kier molecular flexibility index (Phi) is 5.29. The molecule has 9 unspecified atom stereocenters. The smallest absolute Gasteiger partial charge is 0.297 e. The number of rotatable bonds is 3. The maximum atomic E-state index is 13.5. The highest BCUT2D eigenvalue weighted by molar-refractivity contribution is 5.85. The molecule has 4 aliphatic rings. The van der Waals surface area contributed by atoms with Crippen molar-refractivity contribution < 1.29 is 18.0 Å². The maximum Gasteiger partial charge on any atom is 0.391 e. The van der Waals surface area contributed by atoms with Crippen molar-refractivity contribution in [1.82, 2.24) is 9.78 Å². The Morgan fingerprint density at radius 2 is 1.84 bits per heavy atom. The molecule has 0 bridgehead atoms. The van der Waals surface area contributed by atoms with E-state index in [-0.39, 0.29) is 23.3 Å². The van der Waals surface area contributed by atoms with Crippen LogP contribution in [0.2, 0.25) is 0 Å². The van der Waals surface area contributed by atoms with Crippen molar-refractivity contribution in [2.45, 2.75) is 83.9 Å². The predicted molar refractivity (Wildman–Crippen MR) is 112 cm³/mol. The molecule has 0 N–H and O–H groups in total. The van der Waals surface area contributed by atoms with Gasteiger partial charge in [-0.3, -0.25) is 9.48 Å². The van der Waals surface area contributed by atoms with E-state index in [2.05, 4.69) is 12.0 Å². The second-order valence-electron chi connectivity index (χ2n) is 11.2. The number of halogens is 3. The highest BCUT2D eigenvalue weighted by Gasteiger charge is 2.59. The molecule has 31 heavy (non-hydrogen) atoms. The summed E-state index contributed by atoms with van der Waals surface area (Å²) >= 11 is 0. The number of carbonyl (C=O) groups excluding carboxylic acids is 1. The molecular formula is C25H35F3N2O. The van der Waals surface area contributed by atoms with Crippen molar-refractivity contribution >= 4 is 5.78 Å². The van der Waals surface area contributed by atoms with Crippen molar-refractivity contribution in [3.05, 3.63) is 18.5 Å². The van der Waals surface area contributed by atoms with Gasteiger partial charge in [0.25, 0.3) is 0 Å². The highest BCUT2D eigenvalue weighted by atomic mass is 19.4. The van der Waals surface area contributed by atoms with Crippen LogP contribution in [0.15, 0.2) is 18.5 Å². The fourth-order valence-corrected chi connectivity index (χ4v) is 8.55. The first-order chi connectivity index (χ1) is 14.7. The van der Waals surface area contributed by atoms with E-state index in [1.54, 1.807) is 10.9 Å². The Balaban J connectivity index is 1.31. The van der Waals surface area contributed by atoms with Crippen molar-refractivity contribution in [2.24, 2.45) is 46.8 Å². The fraction of sp³-hybridized carbons (Fsp3) is 0.840. The Morgan fingerprint density at radius 1 is 1.06 bits per heavy atom. The normalized spacial score (nSPS) is 43.6. The summed E-state index contributed by atoms with van der Waals surface area (Å²) in [5.41, 5.74) is 0.0374. The predicted octanol–water partition coefficient (Wildman–Crippen LogP) is 6.46. The topological polar surface area (TPSA) is 34.9 Å². The molecule has 1 aromatic rings. The summed E-state index contributed by atoms with van der Waals surface area (Å²) in [4.78, 5) is 13.5. The fourth-order valence-electron chi connectivity index (χ4n) is 8.55. The zero-order chi connectivity index (χ0) is 22.0. The van der Waals surface area contributed by atoms with Crippen molar-refractivity contribution in [1.29, 1.82) is 0 Å². The van der Waals surface area contributed by atoms with Gasteiger partial charge in [-0.1, -0.05) is 6.92 Å². The van der Waals surface area contributed by atoms with Gasteiger partial charge in [0.2, 0.25) is 0 Å². The van der Waals surface area contributed by atoms with Crippen LogP contribution in [0.3, 0.4) is 0 Å². The summed E-state index contributed by atoms with van der Waals surface area (Å²) in [5.74, 6) is 1.75. The average Bonchev–Trinajstić information content (AvgIpc) is 3.39. The number of hydrogen-bond acceptors (Lipinski definition) is 2. The van der Waals surface area contributed by atoms with E-state index in [0.29, 0.717) is 42.3 Å². The van der Waals surface area contributed by atoms with Crippen LogP contribution in [0.25, 0.3) is 0 Å². The summed E-state index contributed by atoms with van der Waals surface area (Å²) in [6, 6.07) is 1.63. The Morgan fingerprint density at radius 3 is 2.55 bits per heavy atom. The summed E-state index contributed by atoms with van der Waals surface area (Å²) in [6.45, 7) is 4.30. The zero-order valence-corrected chi connectivity index (χ0v) is 18.7. The molecule has 0 aliphatic heterocycles. The molecule has 3 nitrogen and oxygen atoms in total. The van der Waals surface area contributed by atoms with Gasteiger partial charge in [0.1, 0.15) is 6.04 Å². The van der Waals surface area contributed by atoms with E-state index in [1.165, 1.54) is 0 Å². The van der Waals surface area contributed by atoms with Gasteiger partial charge in [-0.15, -0.1) is 0 Å². The lowest BCUT2D eigenvalue weighted by Gasteiger charge is -2.56. The van der Waals surface area contributed by atoms with Crippen LogP contribution >= 0.6 is 0 Å². The molecule has 4 aliphatic carbocycles. The molecular weight excluding hydrogens is 401 g/mol. The van der Waals surface area contributed by atoms with Gasteiger partial charge in [-0.05, 0) is 106 Å². The minimum atomic E-state index is -4.03. The summed E-state index contributed by atoms with van der Waals surface area (Å²) in [7, 11) is 0. The first-order valence-corrected chi connectivity index (χ1v) is 12.3. The molecule has 0 radical (unpaired) electrons. The number of carbonyl (C=O) groups is 1. The van der Waals surface area contributed by atoms with Crippen LogP contribution in [0.1, 0.15) is 77.7 Å². The first kappa shape index (κ1) is 21.5. The minimum Gasteiger partial charge on any atom is -0.297 e. The molecule has 4 fully saturated rings. The van der Waals surface area contributed by atoms with Gasteiger partial charge >= 0.3 is 6.18 Å². The lowest BCUT2D eigenvalue weighted by Crippen LogP contribution is -2.50. The summed E-state index contributed by atoms with van der Waals surface area (Å²) in [6.07, 6.45) is 7.19. The van der Waals surface area contributed by atoms with E-state index in [0.717, 1.165) is 44.9 Å². The van der Waals surface area contributed by atoms with Crippen LogP contribution in [0.4, 0.5) is 13.2 Å². The van der Waals surface area contributed by atoms with Crippen molar-refractivity contribution in [3.63, 3.8) is 0 Å². The first-order valence-electron chi connectivity index (χ1n) is 12.3. The lowest BCUT2D eigenvalue weighted by atomic mass is 9.49. The number of hydrogen-bond donors (Lipinski definition) is 0. The van der Waals surface area contributed by atoms with Gasteiger partial charge in [0.05, 0.1) is 5.92 Å². The Hall–Kier alpha value is -1.33. The van der Waals surface area contributed by atoms with E-state index in [1.807, 2.05) is 19.2 Å². The molecule has 0 spiro atoms. The molecule has 0 amide bonds. The van der Waals surface area contributed by atoms with E-state index in [4.69, 9.17) is 0 Å². The summed E-state index contributed by atoms with van der Waals surface area (Å²) < 4.78 is 41.7. The van der Waals surface area contributed by atoms with E-state index < -0.39 is 12.1 Å². The maximum absolute atomic E-state index is 13.5. The highest BCUT2D eigenvalue weighted by Crippen LogP contribution is 2.65. The Bertz CT molecular complexity index is 806. The molecule has 4 saturated carbocycles. The second kappa shape index (κ2) is 7.62. The minimum absolute atomic E-state index is 0.0374. The SMILES string of the molecule is CC(C(=O)C1CCC2C3CCC4CC(C(F)(F)F)CCC4C3CCC12C)n1cccn1. The van der Waals surface area contributed by atoms with Gasteiger partial charge < -0.3 is 0 Å². The largest absolute Gasteiger partial charge is 0.391 e. The number of Topliss-reactive ketones (excluding diaryl/α,β-unsaturated/α-hetero) is 1. The lowest BCUT2D eigenvalue weighted by molar-refractivity contribution is -0.196. The molecule has 1 heterocycles. The van der Waals surface area contributed by atoms with Crippen LogP contribution in [0.5, 0.6) is 0 Å². The molecule has 6 heteroatoms. The number of aromatic nitrogens is 2. The van der Waals surface area contributed by atoms with Crippen LogP contribution < -0.4 is 0 Å². The van der Waals surface area contributed by atoms with E-state index >= 15 is 0 Å². The summed E-state index contributed by atoms with van der Waals surface area (Å²) in [5, 5.41) is 4.29. The van der Waals surface area contributed by atoms with Crippen LogP contribution in [0, 0.1) is 46.8 Å². The van der Waals surface area contributed by atoms with E-state index in [9.17, 15) is 18.0 Å². The third kappa shape index (κ3) is 3.47. The quantitative estimate of drug-likeness (QED) is 0.545. The van der Waals surface area contributed by atoms with Crippen LogP contribution in [-0.4, -0.2) is 21.7 Å². The molecule has 172 valence electrons. The van der Waals surface area contributed by atoms with Gasteiger partial charge in [-0.25, -0.2) is 0 Å². The molecule has 1 aromatic heterocycles. The zero-order valence-electron chi connectivity index (χ0n) is 18.7. The standard InChI is InChI=1S/C25H35F3N2O/c1-15(30-13-3-12-29-30)23(31)22-9-8-21-20-6-4-16-14-17(25(26,27)28)5-7-18(16)19(20)10-11-24(21,22)2/h3,12-13,15-22H,4-11,14H2,1-2H3. The van der Waals surface area contributed by atoms with Crippen molar-refractivity contribution in [2.75, 3.05) is 0 Å². The molecule has 0 saturated heterocycles. The van der Waals surface area contributed by atoms with Gasteiger partial charge in [0.15, 0.2) is 5.78 Å². The monoisotopic (exact) mass is 436 g/mol. The average molecular weight is 437 g/mol. The van der Waals surface area contributed by atoms with Crippen molar-refractivity contribution in [3.8, 4) is 0 Å². The third-order valence-corrected chi connectivity index (χ3v) is 10.1. The number of ketones is 1. The Labute approximate surface area is 183 Å². The van der Waals surface area contributed by atoms with Gasteiger partial charge in [-0.2, -0.15) is 18.3 Å².